The summed E-state index contributed by atoms with van der Waals surface area (Å²) in [6.45, 7) is 17.4. The molecule has 5 heterocycles. The van der Waals surface area contributed by atoms with Gasteiger partial charge in [0.15, 0.2) is 0 Å². The molecule has 2 aliphatic rings. The fraction of sp³-hybridized carbons (Fsp3) is 0.300. The van der Waals surface area contributed by atoms with Crippen LogP contribution >= 0.6 is 0 Å². The van der Waals surface area contributed by atoms with Crippen molar-refractivity contribution < 1.29 is 16.5 Å². The maximum absolute atomic E-state index is 5.27. The monoisotopic (exact) mass is 686 g/mol. The molecule has 0 saturated carbocycles. The van der Waals surface area contributed by atoms with E-state index >= 15 is 0 Å². The molecule has 49 heavy (non-hydrogen) atoms. The van der Waals surface area contributed by atoms with Crippen molar-refractivity contribution in [1.29, 1.82) is 0 Å². The van der Waals surface area contributed by atoms with E-state index in [2.05, 4.69) is 128 Å². The van der Waals surface area contributed by atoms with Crippen molar-refractivity contribution in [2.24, 2.45) is 0 Å². The molecular formula is C40H36N8Ni. The van der Waals surface area contributed by atoms with E-state index in [1.165, 1.54) is 0 Å². The summed E-state index contributed by atoms with van der Waals surface area (Å²) in [5, 5.41) is 8.18. The van der Waals surface area contributed by atoms with Gasteiger partial charge >= 0.3 is 16.5 Å². The molecule has 7 aromatic rings. The molecule has 2 aliphatic heterocycles. The molecule has 4 aromatic carbocycles. The molecular weight excluding hydrogens is 651 g/mol. The number of benzene rings is 4. The molecule has 0 aliphatic carbocycles. The van der Waals surface area contributed by atoms with E-state index in [1.807, 2.05) is 0 Å². The molecule has 0 radical (unpaired) electrons. The minimum absolute atomic E-state index is 0. The van der Waals surface area contributed by atoms with Gasteiger partial charge in [-0.1, -0.05) is 128 Å². The Kier molecular flexibility index (Phi) is 6.52. The standard InChI is InChI=1S/C40H36N8.Ni/c1-37(2)33-43-29-25-19-17-21-13-9-11-15-23(21)27(25)32(41-29)46-36-40(7,8)38(3,4)34(48-36)44-30-26-20-18-22-14-10-12-16-24(22)28(26)31(42-30)45-35(47-33)39(37,5)6;/h9-20H,1-8H3;/q-2;+2. The van der Waals surface area contributed by atoms with Crippen molar-refractivity contribution >= 4 is 65.7 Å². The quantitative estimate of drug-likeness (QED) is 0.147. The number of hydrogen-bond donors (Lipinski definition) is 0. The van der Waals surface area contributed by atoms with Crippen LogP contribution in [0, 0.1) is 0 Å². The Balaban J connectivity index is 0.00000348. The molecule has 0 atom stereocenters. The molecule has 9 rings (SSSR count). The van der Waals surface area contributed by atoms with Crippen molar-refractivity contribution in [3.05, 3.63) is 96.1 Å². The molecule has 3 aromatic heterocycles. The second kappa shape index (κ2) is 10.1. The van der Waals surface area contributed by atoms with Crippen LogP contribution < -0.4 is 9.97 Å². The summed E-state index contributed by atoms with van der Waals surface area (Å²) >= 11 is 0. The van der Waals surface area contributed by atoms with E-state index in [1.54, 1.807) is 0 Å². The van der Waals surface area contributed by atoms with Crippen LogP contribution in [-0.4, -0.2) is 29.9 Å². The largest absolute Gasteiger partial charge is 2.00 e. The van der Waals surface area contributed by atoms with E-state index in [4.69, 9.17) is 39.9 Å². The molecule has 0 fully saturated rings. The summed E-state index contributed by atoms with van der Waals surface area (Å²) in [4.78, 5) is 41.6. The van der Waals surface area contributed by atoms with E-state index in [0.29, 0.717) is 45.9 Å². The predicted octanol–water partition coefficient (Wildman–Crippen LogP) is 8.27. The number of aromatic nitrogens is 8. The number of fused-ring (bicyclic) bond motifs is 18. The molecule has 246 valence electrons. The van der Waals surface area contributed by atoms with Gasteiger partial charge in [0.05, 0.1) is 23.3 Å². The fourth-order valence-corrected chi connectivity index (χ4v) is 7.10. The second-order valence-corrected chi connectivity index (χ2v) is 15.4. The predicted molar refractivity (Wildman–Crippen MR) is 192 cm³/mol. The topological polar surface area (TPSA) is 106 Å². The maximum Gasteiger partial charge on any atom is 2.00 e. The Hall–Kier alpha value is -4.75. The van der Waals surface area contributed by atoms with Crippen LogP contribution in [-0.2, 0) is 38.2 Å². The van der Waals surface area contributed by atoms with Crippen LogP contribution in [0.4, 0.5) is 0 Å². The van der Waals surface area contributed by atoms with E-state index in [0.717, 1.165) is 43.1 Å². The van der Waals surface area contributed by atoms with Gasteiger partial charge in [-0.3, -0.25) is 9.97 Å². The SMILES string of the molecule is CC1(C)c2nc(nc3[n-]c(nc4nc(nc5[n-]c(n2)c2ccc6ccccc6c52)C(C)(C)C4(C)C)c2ccc4ccccc4c32)C1(C)C.[Ni+2]. The molecule has 8 bridgehead atoms. The zero-order chi connectivity index (χ0) is 33.4. The molecule has 0 unspecified atom stereocenters. The minimum Gasteiger partial charge on any atom is -0.357 e. The molecule has 0 spiro atoms. The first-order valence-electron chi connectivity index (χ1n) is 16.6. The Bertz CT molecular complexity index is 2510. The van der Waals surface area contributed by atoms with Gasteiger partial charge in [-0.15, -0.1) is 0 Å². The summed E-state index contributed by atoms with van der Waals surface area (Å²) in [7, 11) is 0. The van der Waals surface area contributed by atoms with Crippen LogP contribution in [0.1, 0.15) is 78.7 Å². The second-order valence-electron chi connectivity index (χ2n) is 15.4. The summed E-state index contributed by atoms with van der Waals surface area (Å²) in [5.41, 5.74) is 0.573. The number of nitrogens with zero attached hydrogens (tertiary/aromatic N) is 8. The van der Waals surface area contributed by atoms with Crippen molar-refractivity contribution in [2.75, 3.05) is 0 Å². The Morgan fingerprint density at radius 3 is 1.06 bits per heavy atom. The summed E-state index contributed by atoms with van der Waals surface area (Å²) in [6, 6.07) is 25.2. The van der Waals surface area contributed by atoms with E-state index in [9.17, 15) is 0 Å². The van der Waals surface area contributed by atoms with Gasteiger partial charge < -0.3 is 29.9 Å². The van der Waals surface area contributed by atoms with Gasteiger partial charge in [0.1, 0.15) is 0 Å². The van der Waals surface area contributed by atoms with Crippen LogP contribution in [0.2, 0.25) is 0 Å². The average Bonchev–Trinajstić information content (AvgIpc) is 3.68. The molecule has 8 nitrogen and oxygen atoms in total. The van der Waals surface area contributed by atoms with Crippen LogP contribution in [0.15, 0.2) is 72.8 Å². The molecule has 0 amide bonds. The molecule has 9 heteroatoms. The third-order valence-corrected chi connectivity index (χ3v) is 11.8. The smallest absolute Gasteiger partial charge is 0.357 e. The number of hydrogen-bond acceptors (Lipinski definition) is 6. The molecule has 0 N–H and O–H groups in total. The molecule has 0 saturated heterocycles. The van der Waals surface area contributed by atoms with Crippen LogP contribution in [0.25, 0.3) is 65.7 Å². The fourth-order valence-electron chi connectivity index (χ4n) is 7.10. The van der Waals surface area contributed by atoms with Crippen LogP contribution in [0.5, 0.6) is 0 Å². The first-order chi connectivity index (χ1) is 22.8. The van der Waals surface area contributed by atoms with Gasteiger partial charge in [0.25, 0.3) is 0 Å². The van der Waals surface area contributed by atoms with Gasteiger partial charge in [-0.25, -0.2) is 0 Å². The number of rotatable bonds is 0. The van der Waals surface area contributed by atoms with E-state index in [-0.39, 0.29) is 16.5 Å². The van der Waals surface area contributed by atoms with Crippen molar-refractivity contribution in [3.63, 3.8) is 0 Å². The summed E-state index contributed by atoms with van der Waals surface area (Å²) in [6.07, 6.45) is 0. The zero-order valence-corrected chi connectivity index (χ0v) is 29.8. The normalized spacial score (nSPS) is 17.5. The summed E-state index contributed by atoms with van der Waals surface area (Å²) < 4.78 is 0. The van der Waals surface area contributed by atoms with Gasteiger partial charge in [0, 0.05) is 55.0 Å². The zero-order valence-electron chi connectivity index (χ0n) is 28.8. The first kappa shape index (κ1) is 31.5. The van der Waals surface area contributed by atoms with Gasteiger partial charge in [0.2, 0.25) is 0 Å². The van der Waals surface area contributed by atoms with Crippen LogP contribution in [0.3, 0.4) is 0 Å². The van der Waals surface area contributed by atoms with Crippen molar-refractivity contribution in [3.8, 4) is 0 Å². The third-order valence-electron chi connectivity index (χ3n) is 11.8. The van der Waals surface area contributed by atoms with Crippen molar-refractivity contribution in [1.82, 2.24) is 39.9 Å². The minimum atomic E-state index is -0.458. The Morgan fingerprint density at radius 2 is 0.694 bits per heavy atom. The first-order valence-corrected chi connectivity index (χ1v) is 16.6. The van der Waals surface area contributed by atoms with Gasteiger partial charge in [-0.05, 0) is 32.3 Å². The van der Waals surface area contributed by atoms with Crippen molar-refractivity contribution in [2.45, 2.75) is 77.0 Å². The summed E-state index contributed by atoms with van der Waals surface area (Å²) in [5.74, 6) is 2.72. The average molecular weight is 687 g/mol. The Morgan fingerprint density at radius 1 is 0.367 bits per heavy atom. The maximum atomic E-state index is 5.27. The van der Waals surface area contributed by atoms with Gasteiger partial charge in [-0.2, -0.15) is 0 Å². The van der Waals surface area contributed by atoms with E-state index < -0.39 is 21.7 Å². The third kappa shape index (κ3) is 4.15. The Labute approximate surface area is 294 Å².